The number of aryl methyl sites for hydroxylation is 1. The van der Waals surface area contributed by atoms with E-state index >= 15 is 0 Å². The van der Waals surface area contributed by atoms with Gasteiger partial charge in [0.15, 0.2) is 5.01 Å². The maximum atomic E-state index is 13.0. The van der Waals surface area contributed by atoms with E-state index in [1.165, 1.54) is 11.3 Å². The molecule has 1 aliphatic rings. The lowest BCUT2D eigenvalue weighted by Gasteiger charge is -2.31. The average Bonchev–Trinajstić information content (AvgIpc) is 3.41. The van der Waals surface area contributed by atoms with Crippen LogP contribution < -0.4 is 0 Å². The monoisotopic (exact) mass is 418 g/mol. The van der Waals surface area contributed by atoms with Gasteiger partial charge in [0, 0.05) is 25.1 Å². The molecule has 1 amide bonds. The zero-order chi connectivity index (χ0) is 20.5. The number of para-hydroxylation sites is 1. The van der Waals surface area contributed by atoms with Crippen molar-refractivity contribution in [1.29, 1.82) is 0 Å². The molecule has 0 saturated carbocycles. The number of likely N-dealkylation sites (tertiary alicyclic amines) is 1. The van der Waals surface area contributed by atoms with Crippen LogP contribution >= 0.6 is 11.3 Å². The van der Waals surface area contributed by atoms with Crippen LogP contribution in [0.15, 0.2) is 53.1 Å². The number of hydrogen-bond acceptors (Lipinski definition) is 6. The molecule has 0 spiro atoms. The fourth-order valence-corrected chi connectivity index (χ4v) is 4.97. The first-order valence-corrected chi connectivity index (χ1v) is 11.0. The largest absolute Gasteiger partial charge is 0.339 e. The van der Waals surface area contributed by atoms with Crippen LogP contribution in [0.5, 0.6) is 0 Å². The summed E-state index contributed by atoms with van der Waals surface area (Å²) in [5.74, 6) is 1.59. The predicted octanol–water partition coefficient (Wildman–Crippen LogP) is 4.75. The first-order valence-electron chi connectivity index (χ1n) is 10.2. The lowest BCUT2D eigenvalue weighted by atomic mass is 9.94. The molecule has 0 radical (unpaired) electrons. The van der Waals surface area contributed by atoms with E-state index in [1.54, 1.807) is 0 Å². The SMILES string of the molecule is Cc1ccccc1-c1noc(CC2CCCN(C(=O)c3nc4ccccc4s3)C2)n1. The number of rotatable bonds is 4. The van der Waals surface area contributed by atoms with Gasteiger partial charge in [-0.15, -0.1) is 11.3 Å². The molecule has 0 bridgehead atoms. The Morgan fingerprint density at radius 3 is 2.87 bits per heavy atom. The minimum Gasteiger partial charge on any atom is -0.339 e. The summed E-state index contributed by atoms with van der Waals surface area (Å²) in [5, 5.41) is 4.73. The Balaban J connectivity index is 1.28. The van der Waals surface area contributed by atoms with Crippen LogP contribution in [-0.2, 0) is 6.42 Å². The molecule has 1 atom stereocenters. The molecular weight excluding hydrogens is 396 g/mol. The number of fused-ring (bicyclic) bond motifs is 1. The highest BCUT2D eigenvalue weighted by Gasteiger charge is 2.28. The molecule has 1 fully saturated rings. The third-order valence-corrected chi connectivity index (χ3v) is 6.62. The van der Waals surface area contributed by atoms with Crippen molar-refractivity contribution in [1.82, 2.24) is 20.0 Å². The number of piperidine rings is 1. The van der Waals surface area contributed by atoms with Crippen molar-refractivity contribution in [3.63, 3.8) is 0 Å². The molecule has 6 nitrogen and oxygen atoms in total. The van der Waals surface area contributed by atoms with Crippen LogP contribution in [0.4, 0.5) is 0 Å². The number of benzene rings is 2. The van der Waals surface area contributed by atoms with Gasteiger partial charge < -0.3 is 9.42 Å². The molecule has 5 rings (SSSR count). The number of nitrogens with zero attached hydrogens (tertiary/aromatic N) is 4. The van der Waals surface area contributed by atoms with Gasteiger partial charge in [-0.2, -0.15) is 4.98 Å². The van der Waals surface area contributed by atoms with Crippen LogP contribution in [0.25, 0.3) is 21.6 Å². The van der Waals surface area contributed by atoms with Gasteiger partial charge in [-0.25, -0.2) is 4.98 Å². The Hall–Kier alpha value is -3.06. The van der Waals surface area contributed by atoms with Crippen molar-refractivity contribution < 1.29 is 9.32 Å². The summed E-state index contributed by atoms with van der Waals surface area (Å²) in [5.41, 5.74) is 2.99. The third kappa shape index (κ3) is 3.73. The highest BCUT2D eigenvalue weighted by Crippen LogP contribution is 2.27. The maximum absolute atomic E-state index is 13.0. The Labute approximate surface area is 178 Å². The Bertz CT molecular complexity index is 1170. The van der Waals surface area contributed by atoms with Crippen molar-refractivity contribution in [2.45, 2.75) is 26.2 Å². The molecule has 1 unspecified atom stereocenters. The van der Waals surface area contributed by atoms with E-state index in [1.807, 2.05) is 60.4 Å². The summed E-state index contributed by atoms with van der Waals surface area (Å²) in [6.45, 7) is 3.50. The minimum atomic E-state index is 0.0204. The fourth-order valence-electron chi connectivity index (χ4n) is 4.03. The topological polar surface area (TPSA) is 72.1 Å². The molecule has 2 aromatic heterocycles. The molecule has 4 aromatic rings. The number of amides is 1. The minimum absolute atomic E-state index is 0.0204. The quantitative estimate of drug-likeness (QED) is 0.478. The number of aromatic nitrogens is 3. The maximum Gasteiger partial charge on any atom is 0.282 e. The number of hydrogen-bond donors (Lipinski definition) is 0. The first kappa shape index (κ1) is 18.9. The Morgan fingerprint density at radius 2 is 2.00 bits per heavy atom. The third-order valence-electron chi connectivity index (χ3n) is 5.60. The summed E-state index contributed by atoms with van der Waals surface area (Å²) in [4.78, 5) is 24.1. The standard InChI is InChI=1S/C23H22N4O2S/c1-15-7-2-3-9-17(15)21-25-20(29-26-21)13-16-8-6-12-27(14-16)23(28)22-24-18-10-4-5-11-19(18)30-22/h2-5,7,9-11,16H,6,8,12-14H2,1H3. The van der Waals surface area contributed by atoms with E-state index in [4.69, 9.17) is 4.52 Å². The molecule has 30 heavy (non-hydrogen) atoms. The van der Waals surface area contributed by atoms with Gasteiger partial charge in [0.2, 0.25) is 11.7 Å². The van der Waals surface area contributed by atoms with E-state index in [9.17, 15) is 4.79 Å². The van der Waals surface area contributed by atoms with E-state index in [0.29, 0.717) is 35.6 Å². The summed E-state index contributed by atoms with van der Waals surface area (Å²) in [6, 6.07) is 15.9. The van der Waals surface area contributed by atoms with E-state index in [0.717, 1.165) is 40.7 Å². The number of carbonyl (C=O) groups excluding carboxylic acids is 1. The number of carbonyl (C=O) groups is 1. The van der Waals surface area contributed by atoms with Crippen molar-refractivity contribution >= 4 is 27.5 Å². The van der Waals surface area contributed by atoms with Gasteiger partial charge in [-0.1, -0.05) is 41.6 Å². The summed E-state index contributed by atoms with van der Waals surface area (Å²) >= 11 is 1.46. The molecule has 1 saturated heterocycles. The Morgan fingerprint density at radius 1 is 1.17 bits per heavy atom. The predicted molar refractivity (Wildman–Crippen MR) is 116 cm³/mol. The smallest absolute Gasteiger partial charge is 0.282 e. The van der Waals surface area contributed by atoms with E-state index in [2.05, 4.69) is 15.1 Å². The van der Waals surface area contributed by atoms with Crippen LogP contribution in [-0.4, -0.2) is 39.0 Å². The normalized spacial score (nSPS) is 16.8. The zero-order valence-electron chi connectivity index (χ0n) is 16.7. The highest BCUT2D eigenvalue weighted by molar-refractivity contribution is 7.20. The first-order chi connectivity index (χ1) is 14.7. The van der Waals surface area contributed by atoms with Crippen molar-refractivity contribution in [3.05, 3.63) is 65.0 Å². The second-order valence-electron chi connectivity index (χ2n) is 7.78. The van der Waals surface area contributed by atoms with Gasteiger partial charge in [0.05, 0.1) is 10.2 Å². The van der Waals surface area contributed by atoms with Gasteiger partial charge in [-0.3, -0.25) is 4.79 Å². The molecule has 0 aliphatic carbocycles. The summed E-state index contributed by atoms with van der Waals surface area (Å²) in [7, 11) is 0. The van der Waals surface area contributed by atoms with Gasteiger partial charge in [-0.05, 0) is 43.4 Å². The summed E-state index contributed by atoms with van der Waals surface area (Å²) < 4.78 is 6.57. The zero-order valence-corrected chi connectivity index (χ0v) is 17.6. The van der Waals surface area contributed by atoms with Gasteiger partial charge in [0.1, 0.15) is 0 Å². The molecule has 3 heterocycles. The van der Waals surface area contributed by atoms with Gasteiger partial charge >= 0.3 is 0 Å². The van der Waals surface area contributed by atoms with E-state index in [-0.39, 0.29) is 5.91 Å². The van der Waals surface area contributed by atoms with Crippen LogP contribution in [0.2, 0.25) is 0 Å². The lowest BCUT2D eigenvalue weighted by molar-refractivity contribution is 0.0668. The second kappa shape index (κ2) is 7.99. The van der Waals surface area contributed by atoms with Crippen molar-refractivity contribution in [3.8, 4) is 11.4 Å². The second-order valence-corrected chi connectivity index (χ2v) is 8.81. The molecule has 7 heteroatoms. The van der Waals surface area contributed by atoms with E-state index < -0.39 is 0 Å². The highest BCUT2D eigenvalue weighted by atomic mass is 32.1. The summed E-state index contributed by atoms with van der Waals surface area (Å²) in [6.07, 6.45) is 2.70. The molecule has 152 valence electrons. The van der Waals surface area contributed by atoms with Crippen molar-refractivity contribution in [2.24, 2.45) is 5.92 Å². The Kier molecular flexibility index (Phi) is 5.04. The van der Waals surface area contributed by atoms with Crippen molar-refractivity contribution in [2.75, 3.05) is 13.1 Å². The van der Waals surface area contributed by atoms with Gasteiger partial charge in [0.25, 0.3) is 5.91 Å². The number of thiazole rings is 1. The van der Waals surface area contributed by atoms with Crippen LogP contribution in [0, 0.1) is 12.8 Å². The molecular formula is C23H22N4O2S. The van der Waals surface area contributed by atoms with Crippen LogP contribution in [0.1, 0.15) is 34.1 Å². The van der Waals surface area contributed by atoms with Crippen LogP contribution in [0.3, 0.4) is 0 Å². The molecule has 1 aliphatic heterocycles. The fraction of sp³-hybridized carbons (Fsp3) is 0.304. The lowest BCUT2D eigenvalue weighted by Crippen LogP contribution is -2.40. The molecule has 0 N–H and O–H groups in total. The molecule has 2 aromatic carbocycles. The average molecular weight is 419 g/mol.